The summed E-state index contributed by atoms with van der Waals surface area (Å²) < 4.78 is 14.7. The van der Waals surface area contributed by atoms with Gasteiger partial charge in [0.1, 0.15) is 24.1 Å². The third-order valence-corrected chi connectivity index (χ3v) is 10.1. The monoisotopic (exact) mass is 720 g/mol. The summed E-state index contributed by atoms with van der Waals surface area (Å²) in [6.45, 7) is 7.01. The van der Waals surface area contributed by atoms with E-state index in [9.17, 15) is 14.9 Å². The van der Waals surface area contributed by atoms with Gasteiger partial charge in [-0.1, -0.05) is 65.9 Å². The Bertz CT molecular complexity index is 2310. The Kier molecular flexibility index (Phi) is 9.62. The molecule has 10 heteroatoms. The second-order valence-electron chi connectivity index (χ2n) is 11.2. The van der Waals surface area contributed by atoms with Gasteiger partial charge in [-0.05, 0) is 83.4 Å². The number of benzene rings is 4. The van der Waals surface area contributed by atoms with Gasteiger partial charge in [-0.25, -0.2) is 4.99 Å². The number of hydrogen-bond donors (Lipinski definition) is 0. The van der Waals surface area contributed by atoms with E-state index in [1.807, 2.05) is 99.6 Å². The van der Waals surface area contributed by atoms with E-state index in [0.717, 1.165) is 27.5 Å². The van der Waals surface area contributed by atoms with Crippen LogP contribution in [-0.2, 0) is 11.4 Å². The molecule has 0 unspecified atom stereocenters. The first-order chi connectivity index (χ1) is 23.3. The van der Waals surface area contributed by atoms with E-state index in [1.54, 1.807) is 22.6 Å². The van der Waals surface area contributed by atoms with Crippen LogP contribution in [0.25, 0.3) is 16.8 Å². The van der Waals surface area contributed by atoms with Crippen molar-refractivity contribution in [3.05, 3.63) is 137 Å². The van der Waals surface area contributed by atoms with Gasteiger partial charge in [0, 0.05) is 24.2 Å². The topological polar surface area (TPSA) is 96.9 Å². The highest BCUT2D eigenvalue weighted by Gasteiger charge is 2.36. The molecule has 0 fully saturated rings. The van der Waals surface area contributed by atoms with Crippen molar-refractivity contribution < 1.29 is 14.3 Å². The van der Waals surface area contributed by atoms with Gasteiger partial charge in [-0.15, -0.1) is 0 Å². The molecule has 1 aliphatic rings. The molecule has 0 bridgehead atoms. The Morgan fingerprint density at radius 2 is 1.79 bits per heavy atom. The normalized spacial score (nSPS) is 14.3. The summed E-state index contributed by atoms with van der Waals surface area (Å²) in [4.78, 5) is 35.7. The number of nitriles is 1. The molecule has 1 aliphatic heterocycles. The number of likely N-dealkylation sites (N-methyl/N-ethyl adjacent to an activating group) is 1. The van der Waals surface area contributed by atoms with Crippen molar-refractivity contribution in [3.63, 3.8) is 0 Å². The first kappa shape index (κ1) is 32.9. The van der Waals surface area contributed by atoms with Crippen LogP contribution in [0.4, 0.5) is 0 Å². The summed E-state index contributed by atoms with van der Waals surface area (Å²) in [5.74, 6) is 1.04. The lowest BCUT2D eigenvalue weighted by molar-refractivity contribution is -0.127. The number of fused-ring (bicyclic) bond motifs is 2. The van der Waals surface area contributed by atoms with Gasteiger partial charge in [-0.3, -0.25) is 14.2 Å². The van der Waals surface area contributed by atoms with Crippen LogP contribution in [0.1, 0.15) is 49.1 Å². The maximum atomic E-state index is 14.4. The summed E-state index contributed by atoms with van der Waals surface area (Å²) in [6.07, 6.45) is 1.83. The van der Waals surface area contributed by atoms with E-state index in [-0.39, 0.29) is 18.1 Å². The molecular formula is C38H33BrN4O4S. The summed E-state index contributed by atoms with van der Waals surface area (Å²) in [5, 5.41) is 11.3. The van der Waals surface area contributed by atoms with Crippen LogP contribution in [0.2, 0.25) is 0 Å². The van der Waals surface area contributed by atoms with E-state index in [2.05, 4.69) is 22.0 Å². The van der Waals surface area contributed by atoms with Crippen molar-refractivity contribution in [2.24, 2.45) is 4.99 Å². The maximum Gasteiger partial charge on any atom is 0.271 e. The van der Waals surface area contributed by atoms with E-state index in [4.69, 9.17) is 14.5 Å². The molecule has 4 aromatic carbocycles. The zero-order valence-electron chi connectivity index (χ0n) is 27.0. The molecule has 0 N–H and O–H groups in total. The number of aromatic nitrogens is 1. The highest BCUT2D eigenvalue weighted by molar-refractivity contribution is 9.10. The standard InChI is InChI=1S/C38H33BrN4O4S/c1-5-42(6-2)37(45)33-23(3)41-38-43(35(33)34-28-14-10-9-11-25(28)16-18-31(34)46-4)36(44)32(48-38)20-24-15-17-30(29(39)19-24)47-22-27-13-8-7-12-26(27)21-40/h7-20,35H,5-6,22H2,1-4H3/b32-20+/t35-/m1/s1. The number of allylic oxidation sites excluding steroid dienone is 1. The average Bonchev–Trinajstić information content (AvgIpc) is 3.40. The molecular weight excluding hydrogens is 688 g/mol. The van der Waals surface area contributed by atoms with Crippen LogP contribution in [0, 0.1) is 11.3 Å². The summed E-state index contributed by atoms with van der Waals surface area (Å²) >= 11 is 4.90. The number of amides is 1. The zero-order valence-corrected chi connectivity index (χ0v) is 29.4. The smallest absolute Gasteiger partial charge is 0.271 e. The Morgan fingerprint density at radius 3 is 2.52 bits per heavy atom. The quantitative estimate of drug-likeness (QED) is 0.174. The summed E-state index contributed by atoms with van der Waals surface area (Å²) in [7, 11) is 1.60. The predicted molar refractivity (Wildman–Crippen MR) is 192 cm³/mol. The molecule has 242 valence electrons. The highest BCUT2D eigenvalue weighted by Crippen LogP contribution is 2.40. The zero-order chi connectivity index (χ0) is 33.9. The molecule has 8 nitrogen and oxygen atoms in total. The summed E-state index contributed by atoms with van der Waals surface area (Å²) in [5.41, 5.74) is 3.67. The number of nitrogens with zero attached hydrogens (tertiary/aromatic N) is 4. The lowest BCUT2D eigenvalue weighted by Gasteiger charge is -2.30. The minimum Gasteiger partial charge on any atom is -0.496 e. The number of methoxy groups -OCH3 is 1. The minimum absolute atomic E-state index is 0.160. The SMILES string of the molecule is CCN(CC)C(=O)C1=C(C)N=c2s/c(=C/c3ccc(OCc4ccccc4C#N)c(Br)c3)c(=O)n2[C@H]1c1c(OC)ccc2ccccc12. The predicted octanol–water partition coefficient (Wildman–Crippen LogP) is 6.48. The largest absolute Gasteiger partial charge is 0.496 e. The third-order valence-electron chi connectivity index (χ3n) is 8.50. The van der Waals surface area contributed by atoms with Crippen LogP contribution >= 0.6 is 27.3 Å². The van der Waals surface area contributed by atoms with Gasteiger partial charge < -0.3 is 14.4 Å². The number of carbonyl (C=O) groups excluding carboxylic acids is 1. The highest BCUT2D eigenvalue weighted by atomic mass is 79.9. The fourth-order valence-corrected chi connectivity index (χ4v) is 7.63. The van der Waals surface area contributed by atoms with Crippen molar-refractivity contribution in [1.82, 2.24) is 9.47 Å². The first-order valence-electron chi connectivity index (χ1n) is 15.6. The molecule has 0 spiro atoms. The molecule has 0 saturated heterocycles. The first-order valence-corrected chi connectivity index (χ1v) is 17.2. The number of thiazole rings is 1. The van der Waals surface area contributed by atoms with Crippen molar-refractivity contribution in [2.45, 2.75) is 33.4 Å². The second-order valence-corrected chi connectivity index (χ2v) is 13.1. The van der Waals surface area contributed by atoms with Crippen LogP contribution in [0.3, 0.4) is 0 Å². The molecule has 1 atom stereocenters. The Balaban J connectivity index is 1.47. The number of hydrogen-bond acceptors (Lipinski definition) is 7. The lowest BCUT2D eigenvalue weighted by atomic mass is 9.90. The third kappa shape index (κ3) is 6.07. The van der Waals surface area contributed by atoms with Gasteiger partial charge in [0.2, 0.25) is 0 Å². The molecule has 2 heterocycles. The van der Waals surface area contributed by atoms with E-state index in [0.29, 0.717) is 55.2 Å². The van der Waals surface area contributed by atoms with Crippen molar-refractivity contribution in [3.8, 4) is 17.6 Å². The van der Waals surface area contributed by atoms with Gasteiger partial charge in [0.05, 0.1) is 39.0 Å². The van der Waals surface area contributed by atoms with Crippen molar-refractivity contribution in [2.75, 3.05) is 20.2 Å². The van der Waals surface area contributed by atoms with Gasteiger partial charge in [-0.2, -0.15) is 5.26 Å². The molecule has 6 rings (SSSR count). The minimum atomic E-state index is -0.753. The van der Waals surface area contributed by atoms with Crippen LogP contribution < -0.4 is 24.4 Å². The summed E-state index contributed by atoms with van der Waals surface area (Å²) in [6, 6.07) is 26.2. The average molecular weight is 722 g/mol. The Hall–Kier alpha value is -4.98. The Morgan fingerprint density at radius 1 is 1.06 bits per heavy atom. The van der Waals surface area contributed by atoms with Crippen LogP contribution in [-0.4, -0.2) is 35.6 Å². The number of rotatable bonds is 9. The van der Waals surface area contributed by atoms with Crippen molar-refractivity contribution in [1.29, 1.82) is 5.26 Å². The van der Waals surface area contributed by atoms with E-state index < -0.39 is 6.04 Å². The van der Waals surface area contributed by atoms with E-state index >= 15 is 0 Å². The van der Waals surface area contributed by atoms with Gasteiger partial charge in [0.15, 0.2) is 4.80 Å². The fourth-order valence-electron chi connectivity index (χ4n) is 6.07. The second kappa shape index (κ2) is 14.0. The number of carbonyl (C=O) groups is 1. The van der Waals surface area contributed by atoms with Gasteiger partial charge in [0.25, 0.3) is 11.5 Å². The Labute approximate surface area is 290 Å². The molecule has 0 aliphatic carbocycles. The molecule has 0 saturated carbocycles. The maximum absolute atomic E-state index is 14.4. The van der Waals surface area contributed by atoms with Crippen LogP contribution in [0.5, 0.6) is 11.5 Å². The molecule has 0 radical (unpaired) electrons. The van der Waals surface area contributed by atoms with E-state index in [1.165, 1.54) is 11.3 Å². The molecule has 1 amide bonds. The molecule has 5 aromatic rings. The fraction of sp³-hybridized carbons (Fsp3) is 0.211. The van der Waals surface area contributed by atoms with Crippen LogP contribution in [0.15, 0.2) is 104 Å². The van der Waals surface area contributed by atoms with Gasteiger partial charge >= 0.3 is 0 Å². The number of ether oxygens (including phenoxy) is 2. The lowest BCUT2D eigenvalue weighted by Crippen LogP contribution is -2.43. The van der Waals surface area contributed by atoms with Crippen molar-refractivity contribution >= 4 is 50.0 Å². The number of halogens is 1. The molecule has 1 aromatic heterocycles. The molecule has 48 heavy (non-hydrogen) atoms.